The lowest BCUT2D eigenvalue weighted by molar-refractivity contribution is -0.137. The third-order valence-electron chi connectivity index (χ3n) is 2.13. The smallest absolute Gasteiger partial charge is 0.304 e. The Morgan fingerprint density at radius 1 is 1.33 bits per heavy atom. The molecule has 0 radical (unpaired) electrons. The van der Waals surface area contributed by atoms with Crippen LogP contribution in [0, 0.1) is 0 Å². The standard InChI is InChI=1S/C10H13BrN2O2/c11-7-3-1-6(2-4-7)10(13)8(12)5-9(14)15/h1-4,8,10H,5,12-13H2,(H,14,15). The maximum absolute atomic E-state index is 10.5. The second-order valence-corrected chi connectivity index (χ2v) is 4.25. The van der Waals surface area contributed by atoms with Crippen molar-refractivity contribution in [3.8, 4) is 0 Å². The number of benzene rings is 1. The van der Waals surface area contributed by atoms with Crippen molar-refractivity contribution in [3.63, 3.8) is 0 Å². The van der Waals surface area contributed by atoms with E-state index in [2.05, 4.69) is 15.9 Å². The molecular formula is C10H13BrN2O2. The number of rotatable bonds is 4. The zero-order valence-electron chi connectivity index (χ0n) is 8.06. The molecule has 0 saturated carbocycles. The van der Waals surface area contributed by atoms with Gasteiger partial charge in [-0.2, -0.15) is 0 Å². The van der Waals surface area contributed by atoms with E-state index in [1.165, 1.54) is 0 Å². The number of halogens is 1. The van der Waals surface area contributed by atoms with Crippen molar-refractivity contribution in [1.82, 2.24) is 0 Å². The van der Waals surface area contributed by atoms with Gasteiger partial charge in [-0.05, 0) is 17.7 Å². The first-order valence-electron chi connectivity index (χ1n) is 4.49. The number of nitrogens with two attached hydrogens (primary N) is 2. The number of carboxylic acids is 1. The summed E-state index contributed by atoms with van der Waals surface area (Å²) < 4.78 is 0.949. The lowest BCUT2D eigenvalue weighted by atomic mass is 9.99. The van der Waals surface area contributed by atoms with Crippen LogP contribution in [-0.4, -0.2) is 17.1 Å². The van der Waals surface area contributed by atoms with Crippen LogP contribution in [0.5, 0.6) is 0 Å². The number of carbonyl (C=O) groups is 1. The second kappa shape index (κ2) is 5.25. The van der Waals surface area contributed by atoms with Crippen LogP contribution in [0.15, 0.2) is 28.7 Å². The summed E-state index contributed by atoms with van der Waals surface area (Å²) in [7, 11) is 0. The van der Waals surface area contributed by atoms with Crippen LogP contribution in [0.4, 0.5) is 0 Å². The van der Waals surface area contributed by atoms with Crippen molar-refractivity contribution in [2.24, 2.45) is 11.5 Å². The van der Waals surface area contributed by atoms with Gasteiger partial charge >= 0.3 is 5.97 Å². The van der Waals surface area contributed by atoms with Crippen LogP contribution < -0.4 is 11.5 Å². The Hall–Kier alpha value is -0.910. The molecule has 4 nitrogen and oxygen atoms in total. The molecule has 0 bridgehead atoms. The summed E-state index contributed by atoms with van der Waals surface area (Å²) in [5, 5.41) is 8.58. The summed E-state index contributed by atoms with van der Waals surface area (Å²) in [6.07, 6.45) is -0.128. The molecule has 0 aliphatic heterocycles. The van der Waals surface area contributed by atoms with Crippen molar-refractivity contribution in [3.05, 3.63) is 34.3 Å². The van der Waals surface area contributed by atoms with Crippen molar-refractivity contribution in [2.75, 3.05) is 0 Å². The Labute approximate surface area is 96.4 Å². The quantitative estimate of drug-likeness (QED) is 0.770. The fourth-order valence-electron chi connectivity index (χ4n) is 1.26. The largest absolute Gasteiger partial charge is 0.481 e. The molecule has 82 valence electrons. The van der Waals surface area contributed by atoms with E-state index in [1.54, 1.807) is 0 Å². The van der Waals surface area contributed by atoms with Gasteiger partial charge in [-0.25, -0.2) is 0 Å². The summed E-state index contributed by atoms with van der Waals surface area (Å²) in [6, 6.07) is 6.34. The van der Waals surface area contributed by atoms with E-state index in [0.29, 0.717) is 0 Å². The Morgan fingerprint density at radius 2 is 1.87 bits per heavy atom. The molecule has 0 aliphatic carbocycles. The molecule has 15 heavy (non-hydrogen) atoms. The van der Waals surface area contributed by atoms with Crippen LogP contribution in [0.2, 0.25) is 0 Å². The van der Waals surface area contributed by atoms with Crippen molar-refractivity contribution >= 4 is 21.9 Å². The van der Waals surface area contributed by atoms with E-state index in [4.69, 9.17) is 16.6 Å². The maximum Gasteiger partial charge on any atom is 0.304 e. The number of aliphatic carboxylic acids is 1. The molecule has 5 N–H and O–H groups in total. The molecule has 1 aromatic carbocycles. The fraction of sp³-hybridized carbons (Fsp3) is 0.300. The molecule has 0 heterocycles. The highest BCUT2D eigenvalue weighted by Gasteiger charge is 2.17. The SMILES string of the molecule is NC(CC(=O)O)C(N)c1ccc(Br)cc1. The zero-order valence-corrected chi connectivity index (χ0v) is 9.65. The first-order valence-corrected chi connectivity index (χ1v) is 5.28. The minimum atomic E-state index is -0.935. The Morgan fingerprint density at radius 3 is 2.33 bits per heavy atom. The highest BCUT2D eigenvalue weighted by atomic mass is 79.9. The molecule has 0 aliphatic rings. The normalized spacial score (nSPS) is 14.6. The van der Waals surface area contributed by atoms with Crippen LogP contribution >= 0.6 is 15.9 Å². The first kappa shape index (κ1) is 12.2. The van der Waals surface area contributed by atoms with Gasteiger partial charge in [0.05, 0.1) is 6.42 Å². The van der Waals surface area contributed by atoms with Crippen LogP contribution in [0.1, 0.15) is 18.0 Å². The topological polar surface area (TPSA) is 89.3 Å². The van der Waals surface area contributed by atoms with Gasteiger partial charge in [0.1, 0.15) is 0 Å². The molecule has 0 saturated heterocycles. The molecule has 0 spiro atoms. The number of hydrogen-bond acceptors (Lipinski definition) is 3. The molecule has 5 heteroatoms. The summed E-state index contributed by atoms with van der Waals surface area (Å²) >= 11 is 3.31. The van der Waals surface area contributed by atoms with E-state index in [1.807, 2.05) is 24.3 Å². The summed E-state index contributed by atoms with van der Waals surface area (Å²) in [4.78, 5) is 10.5. The monoisotopic (exact) mass is 272 g/mol. The summed E-state index contributed by atoms with van der Waals surface area (Å²) in [5.74, 6) is -0.935. The highest BCUT2D eigenvalue weighted by Crippen LogP contribution is 2.18. The Bertz CT molecular complexity index is 340. The van der Waals surface area contributed by atoms with E-state index < -0.39 is 18.1 Å². The molecule has 0 fully saturated rings. The van der Waals surface area contributed by atoms with Gasteiger partial charge in [-0.15, -0.1) is 0 Å². The molecule has 2 atom stereocenters. The molecule has 2 unspecified atom stereocenters. The lowest BCUT2D eigenvalue weighted by Gasteiger charge is -2.18. The molecular weight excluding hydrogens is 260 g/mol. The first-order chi connectivity index (χ1) is 7.00. The average Bonchev–Trinajstić information content (AvgIpc) is 2.17. The van der Waals surface area contributed by atoms with Crippen LogP contribution in [0.3, 0.4) is 0 Å². The molecule has 1 rings (SSSR count). The van der Waals surface area contributed by atoms with Gasteiger partial charge in [0.25, 0.3) is 0 Å². The van der Waals surface area contributed by atoms with Gasteiger partial charge in [0.2, 0.25) is 0 Å². The number of hydrogen-bond donors (Lipinski definition) is 3. The minimum Gasteiger partial charge on any atom is -0.481 e. The predicted molar refractivity (Wildman–Crippen MR) is 61.3 cm³/mol. The molecule has 1 aromatic rings. The van der Waals surface area contributed by atoms with Gasteiger partial charge in [-0.3, -0.25) is 4.79 Å². The third-order valence-corrected chi connectivity index (χ3v) is 2.66. The van der Waals surface area contributed by atoms with Crippen molar-refractivity contribution in [1.29, 1.82) is 0 Å². The van der Waals surface area contributed by atoms with E-state index in [-0.39, 0.29) is 6.42 Å². The maximum atomic E-state index is 10.5. The average molecular weight is 273 g/mol. The second-order valence-electron chi connectivity index (χ2n) is 3.34. The van der Waals surface area contributed by atoms with Gasteiger partial charge in [0, 0.05) is 16.6 Å². The third kappa shape index (κ3) is 3.62. The van der Waals surface area contributed by atoms with Crippen molar-refractivity contribution < 1.29 is 9.90 Å². The summed E-state index contributed by atoms with van der Waals surface area (Å²) in [5.41, 5.74) is 12.3. The Kier molecular flexibility index (Phi) is 4.26. The van der Waals surface area contributed by atoms with E-state index in [9.17, 15) is 4.79 Å². The van der Waals surface area contributed by atoms with Gasteiger partial charge < -0.3 is 16.6 Å². The number of carboxylic acid groups (broad SMARTS) is 1. The van der Waals surface area contributed by atoms with Crippen LogP contribution in [-0.2, 0) is 4.79 Å². The van der Waals surface area contributed by atoms with Crippen molar-refractivity contribution in [2.45, 2.75) is 18.5 Å². The molecule has 0 aromatic heterocycles. The van der Waals surface area contributed by atoms with E-state index >= 15 is 0 Å². The Balaban J connectivity index is 2.71. The zero-order chi connectivity index (χ0) is 11.4. The highest BCUT2D eigenvalue weighted by molar-refractivity contribution is 9.10. The predicted octanol–water partition coefficient (Wildman–Crippen LogP) is 1.25. The minimum absolute atomic E-state index is 0.128. The van der Waals surface area contributed by atoms with E-state index in [0.717, 1.165) is 10.0 Å². The summed E-state index contributed by atoms with van der Waals surface area (Å²) in [6.45, 7) is 0. The van der Waals surface area contributed by atoms with Gasteiger partial charge in [0.15, 0.2) is 0 Å². The van der Waals surface area contributed by atoms with Gasteiger partial charge in [-0.1, -0.05) is 28.1 Å². The molecule has 0 amide bonds. The lowest BCUT2D eigenvalue weighted by Crippen LogP contribution is -2.35. The van der Waals surface area contributed by atoms with Crippen LogP contribution in [0.25, 0.3) is 0 Å². The fourth-order valence-corrected chi connectivity index (χ4v) is 1.53.